The van der Waals surface area contributed by atoms with Crippen LogP contribution in [-0.2, 0) is 14.3 Å². The molecule has 26 heavy (non-hydrogen) atoms. The van der Waals surface area contributed by atoms with Crippen LogP contribution in [0.1, 0.15) is 26.7 Å². The molecule has 0 aliphatic rings. The number of carbonyl (C=O) groups is 2. The second kappa shape index (κ2) is 9.89. The summed E-state index contributed by atoms with van der Waals surface area (Å²) in [4.78, 5) is 23.7. The Kier molecular flexibility index (Phi) is 7.56. The first-order valence-electron chi connectivity index (χ1n) is 8.83. The fraction of sp³-hybridized carbons (Fsp3) is 0.400. The SMILES string of the molecule is CC(C)OCCCNC(CC(=O)Nc1cccc2ccccc12)C(=O)O. The maximum absolute atomic E-state index is 12.3. The summed E-state index contributed by atoms with van der Waals surface area (Å²) >= 11 is 0. The van der Waals surface area contributed by atoms with Crippen molar-refractivity contribution >= 4 is 28.3 Å². The van der Waals surface area contributed by atoms with Gasteiger partial charge in [0.2, 0.25) is 5.91 Å². The van der Waals surface area contributed by atoms with Crippen LogP contribution in [0.2, 0.25) is 0 Å². The summed E-state index contributed by atoms with van der Waals surface area (Å²) < 4.78 is 5.42. The summed E-state index contributed by atoms with van der Waals surface area (Å²) in [6.07, 6.45) is 0.702. The topological polar surface area (TPSA) is 87.7 Å². The van der Waals surface area contributed by atoms with Crippen LogP contribution in [0.3, 0.4) is 0 Å². The Morgan fingerprint density at radius 1 is 1.12 bits per heavy atom. The normalized spacial score (nSPS) is 12.3. The molecule has 0 saturated carbocycles. The number of carboxylic acids is 1. The number of carbonyl (C=O) groups excluding carboxylic acids is 1. The minimum Gasteiger partial charge on any atom is -0.480 e. The van der Waals surface area contributed by atoms with Crippen molar-refractivity contribution in [2.24, 2.45) is 0 Å². The minimum absolute atomic E-state index is 0.135. The standard InChI is InChI=1S/C20H26N2O4/c1-14(2)26-12-6-11-21-18(20(24)25)13-19(23)22-17-10-5-8-15-7-3-4-9-16(15)17/h3-5,7-10,14,18,21H,6,11-13H2,1-2H3,(H,22,23)(H,24,25). The maximum atomic E-state index is 12.3. The second-order valence-corrected chi connectivity index (χ2v) is 6.40. The highest BCUT2D eigenvalue weighted by Crippen LogP contribution is 2.23. The number of ether oxygens (including phenoxy) is 1. The molecule has 3 N–H and O–H groups in total. The first kappa shape index (κ1) is 19.9. The van der Waals surface area contributed by atoms with Crippen LogP contribution in [0, 0.1) is 0 Å². The van der Waals surface area contributed by atoms with E-state index >= 15 is 0 Å². The second-order valence-electron chi connectivity index (χ2n) is 6.40. The quantitative estimate of drug-likeness (QED) is 0.568. The minimum atomic E-state index is -1.04. The molecule has 0 aliphatic heterocycles. The number of fused-ring (bicyclic) bond motifs is 1. The van der Waals surface area contributed by atoms with Crippen molar-refractivity contribution in [3.63, 3.8) is 0 Å². The van der Waals surface area contributed by atoms with Gasteiger partial charge in [0.05, 0.1) is 12.5 Å². The first-order valence-corrected chi connectivity index (χ1v) is 8.83. The smallest absolute Gasteiger partial charge is 0.321 e. The van der Waals surface area contributed by atoms with E-state index in [-0.39, 0.29) is 18.4 Å². The molecular formula is C20H26N2O4. The zero-order chi connectivity index (χ0) is 18.9. The number of hydrogen-bond donors (Lipinski definition) is 3. The number of carboxylic acid groups (broad SMARTS) is 1. The molecule has 140 valence electrons. The van der Waals surface area contributed by atoms with E-state index in [2.05, 4.69) is 10.6 Å². The number of nitrogens with one attached hydrogen (secondary N) is 2. The Labute approximate surface area is 153 Å². The lowest BCUT2D eigenvalue weighted by atomic mass is 10.1. The van der Waals surface area contributed by atoms with Gasteiger partial charge in [-0.1, -0.05) is 36.4 Å². The highest BCUT2D eigenvalue weighted by atomic mass is 16.5. The molecule has 6 heteroatoms. The molecule has 1 unspecified atom stereocenters. The van der Waals surface area contributed by atoms with Crippen LogP contribution in [-0.4, -0.2) is 42.3 Å². The van der Waals surface area contributed by atoms with E-state index in [1.807, 2.05) is 56.3 Å². The molecule has 0 aliphatic carbocycles. The molecule has 2 rings (SSSR count). The van der Waals surface area contributed by atoms with E-state index in [0.29, 0.717) is 25.3 Å². The Morgan fingerprint density at radius 2 is 1.85 bits per heavy atom. The van der Waals surface area contributed by atoms with Gasteiger partial charge in [0.15, 0.2) is 0 Å². The number of rotatable bonds is 10. The summed E-state index contributed by atoms with van der Waals surface area (Å²) in [6.45, 7) is 4.93. The summed E-state index contributed by atoms with van der Waals surface area (Å²) in [5, 5.41) is 17.0. The van der Waals surface area contributed by atoms with Gasteiger partial charge in [-0.05, 0) is 38.3 Å². The zero-order valence-electron chi connectivity index (χ0n) is 15.2. The largest absolute Gasteiger partial charge is 0.480 e. The summed E-state index contributed by atoms with van der Waals surface area (Å²) in [5.41, 5.74) is 0.683. The van der Waals surface area contributed by atoms with E-state index in [1.54, 1.807) is 0 Å². The molecule has 1 amide bonds. The van der Waals surface area contributed by atoms with Gasteiger partial charge >= 0.3 is 5.97 Å². The van der Waals surface area contributed by atoms with Gasteiger partial charge in [-0.2, -0.15) is 0 Å². The van der Waals surface area contributed by atoms with E-state index in [0.717, 1.165) is 10.8 Å². The number of hydrogen-bond acceptors (Lipinski definition) is 4. The third-order valence-corrected chi connectivity index (χ3v) is 3.91. The van der Waals surface area contributed by atoms with Gasteiger partial charge in [-0.3, -0.25) is 9.59 Å². The van der Waals surface area contributed by atoms with Crippen LogP contribution in [0.5, 0.6) is 0 Å². The van der Waals surface area contributed by atoms with Crippen molar-refractivity contribution in [2.75, 3.05) is 18.5 Å². The third kappa shape index (κ3) is 6.13. The summed E-state index contributed by atoms with van der Waals surface area (Å²) in [5.74, 6) is -1.37. The molecule has 0 heterocycles. The molecular weight excluding hydrogens is 332 g/mol. The monoisotopic (exact) mass is 358 g/mol. The fourth-order valence-corrected chi connectivity index (χ4v) is 2.64. The van der Waals surface area contributed by atoms with Crippen LogP contribution in [0.4, 0.5) is 5.69 Å². The third-order valence-electron chi connectivity index (χ3n) is 3.91. The van der Waals surface area contributed by atoms with Crippen LogP contribution >= 0.6 is 0 Å². The van der Waals surface area contributed by atoms with Gasteiger partial charge in [-0.15, -0.1) is 0 Å². The van der Waals surface area contributed by atoms with Gasteiger partial charge in [0, 0.05) is 17.7 Å². The highest BCUT2D eigenvalue weighted by molar-refractivity contribution is 6.03. The van der Waals surface area contributed by atoms with Crippen LogP contribution < -0.4 is 10.6 Å². The Hall–Kier alpha value is -2.44. The molecule has 0 fully saturated rings. The lowest BCUT2D eigenvalue weighted by Gasteiger charge is -2.15. The Balaban J connectivity index is 1.90. The van der Waals surface area contributed by atoms with Crippen molar-refractivity contribution in [1.29, 1.82) is 0 Å². The summed E-state index contributed by atoms with van der Waals surface area (Å²) in [6, 6.07) is 12.4. The average molecular weight is 358 g/mol. The lowest BCUT2D eigenvalue weighted by molar-refractivity contribution is -0.141. The maximum Gasteiger partial charge on any atom is 0.321 e. The van der Waals surface area contributed by atoms with Gasteiger partial charge in [0.25, 0.3) is 0 Å². The van der Waals surface area contributed by atoms with E-state index in [4.69, 9.17) is 4.74 Å². The predicted octanol–water partition coefficient (Wildman–Crippen LogP) is 3.03. The van der Waals surface area contributed by atoms with Gasteiger partial charge < -0.3 is 20.5 Å². The van der Waals surface area contributed by atoms with Gasteiger partial charge in [0.1, 0.15) is 6.04 Å². The lowest BCUT2D eigenvalue weighted by Crippen LogP contribution is -2.40. The Morgan fingerprint density at radius 3 is 2.58 bits per heavy atom. The first-order chi connectivity index (χ1) is 12.5. The highest BCUT2D eigenvalue weighted by Gasteiger charge is 2.20. The summed E-state index contributed by atoms with van der Waals surface area (Å²) in [7, 11) is 0. The molecule has 0 spiro atoms. The van der Waals surface area contributed by atoms with E-state index in [9.17, 15) is 14.7 Å². The van der Waals surface area contributed by atoms with Crippen molar-refractivity contribution in [3.8, 4) is 0 Å². The van der Waals surface area contributed by atoms with E-state index < -0.39 is 12.0 Å². The molecule has 0 radical (unpaired) electrons. The molecule has 1 atom stereocenters. The van der Waals surface area contributed by atoms with Crippen molar-refractivity contribution < 1.29 is 19.4 Å². The molecule has 0 bridgehead atoms. The van der Waals surface area contributed by atoms with Crippen LogP contribution in [0.25, 0.3) is 10.8 Å². The number of anilines is 1. The Bertz CT molecular complexity index is 740. The van der Waals surface area contributed by atoms with Crippen molar-refractivity contribution in [3.05, 3.63) is 42.5 Å². The van der Waals surface area contributed by atoms with Crippen molar-refractivity contribution in [1.82, 2.24) is 5.32 Å². The zero-order valence-corrected chi connectivity index (χ0v) is 15.2. The number of aliphatic carboxylic acids is 1. The molecule has 2 aromatic rings. The van der Waals surface area contributed by atoms with E-state index in [1.165, 1.54) is 0 Å². The van der Waals surface area contributed by atoms with Crippen molar-refractivity contribution in [2.45, 2.75) is 38.8 Å². The molecule has 0 saturated heterocycles. The molecule has 2 aromatic carbocycles. The van der Waals surface area contributed by atoms with Crippen LogP contribution in [0.15, 0.2) is 42.5 Å². The number of amides is 1. The molecule has 0 aromatic heterocycles. The average Bonchev–Trinajstić information content (AvgIpc) is 2.60. The predicted molar refractivity (Wildman–Crippen MR) is 102 cm³/mol. The van der Waals surface area contributed by atoms with Gasteiger partial charge in [-0.25, -0.2) is 0 Å². The molecule has 6 nitrogen and oxygen atoms in total. The fourth-order valence-electron chi connectivity index (χ4n) is 2.64. The number of benzene rings is 2.